The van der Waals surface area contributed by atoms with Crippen molar-refractivity contribution in [2.45, 2.75) is 25.7 Å². The predicted molar refractivity (Wildman–Crippen MR) is 98.3 cm³/mol. The molecule has 0 aromatic heterocycles. The maximum atomic E-state index is 11.5. The van der Waals surface area contributed by atoms with Crippen LogP contribution in [0.3, 0.4) is 0 Å². The average molecular weight is 349 g/mol. The molecule has 0 amide bonds. The molecule has 0 aliphatic rings. The van der Waals surface area contributed by atoms with Gasteiger partial charge >= 0.3 is 8.25 Å². The monoisotopic (exact) mass is 349 g/mol. The van der Waals surface area contributed by atoms with E-state index in [1.54, 1.807) is 48.5 Å². The second-order valence-corrected chi connectivity index (χ2v) is 5.84. The molecule has 2 rings (SSSR count). The highest BCUT2D eigenvalue weighted by atomic mass is 31.1. The maximum Gasteiger partial charge on any atom is 0.805 e. The number of hydrogen-bond donors (Lipinski definition) is 2. The highest BCUT2D eigenvalue weighted by Crippen LogP contribution is 2.29. The second kappa shape index (κ2) is 13.5. The van der Waals surface area contributed by atoms with Crippen molar-refractivity contribution < 1.29 is 13.6 Å². The summed E-state index contributed by atoms with van der Waals surface area (Å²) in [5.41, 5.74) is 10.6. The third kappa shape index (κ3) is 9.95. The molecule has 5 nitrogen and oxygen atoms in total. The Hall–Kier alpha value is -1.94. The maximum absolute atomic E-state index is 11.5. The topological polar surface area (TPSA) is 87.6 Å². The van der Waals surface area contributed by atoms with Crippen LogP contribution >= 0.6 is 8.25 Å². The van der Waals surface area contributed by atoms with Crippen LogP contribution in [0.1, 0.15) is 25.7 Å². The first-order valence-corrected chi connectivity index (χ1v) is 9.19. The summed E-state index contributed by atoms with van der Waals surface area (Å²) >= 11 is 0. The standard InChI is InChI=1S/C12H10O3P.C6H16N2/c13-16(14-11-7-3-1-4-8-11)15-12-9-5-2-6-10-12;7-5-3-1-2-4-6-8/h1-10H;1-8H2/q+1;. The zero-order valence-electron chi connectivity index (χ0n) is 13.8. The van der Waals surface area contributed by atoms with Crippen LogP contribution in [0.2, 0.25) is 0 Å². The van der Waals surface area contributed by atoms with Crippen LogP contribution in [-0.4, -0.2) is 13.1 Å². The largest absolute Gasteiger partial charge is 0.805 e. The van der Waals surface area contributed by atoms with Gasteiger partial charge in [0, 0.05) is 4.57 Å². The zero-order chi connectivity index (χ0) is 17.5. The van der Waals surface area contributed by atoms with E-state index >= 15 is 0 Å². The van der Waals surface area contributed by atoms with Gasteiger partial charge in [0.15, 0.2) is 11.5 Å². The Kier molecular flexibility index (Phi) is 11.3. The Labute approximate surface area is 144 Å². The summed E-state index contributed by atoms with van der Waals surface area (Å²) in [6, 6.07) is 17.8. The number of hydrogen-bond acceptors (Lipinski definition) is 5. The van der Waals surface area contributed by atoms with Crippen LogP contribution in [-0.2, 0) is 4.57 Å². The lowest BCUT2D eigenvalue weighted by atomic mass is 10.2. The molecule has 130 valence electrons. The number of rotatable bonds is 9. The Morgan fingerprint density at radius 1 is 0.667 bits per heavy atom. The third-order valence-corrected chi connectivity index (χ3v) is 3.72. The lowest BCUT2D eigenvalue weighted by Crippen LogP contribution is -2.00. The molecule has 2 aromatic carbocycles. The van der Waals surface area contributed by atoms with Gasteiger partial charge in [0.2, 0.25) is 0 Å². The van der Waals surface area contributed by atoms with Crippen LogP contribution < -0.4 is 20.5 Å². The summed E-state index contributed by atoms with van der Waals surface area (Å²) in [4.78, 5) is 0. The number of para-hydroxylation sites is 2. The van der Waals surface area contributed by atoms with E-state index < -0.39 is 8.25 Å². The highest BCUT2D eigenvalue weighted by molar-refractivity contribution is 7.34. The molecule has 0 heterocycles. The molecule has 0 aliphatic carbocycles. The summed E-state index contributed by atoms with van der Waals surface area (Å²) in [6.45, 7) is 1.65. The van der Waals surface area contributed by atoms with Gasteiger partial charge in [0.1, 0.15) is 0 Å². The minimum Gasteiger partial charge on any atom is -0.330 e. The van der Waals surface area contributed by atoms with Crippen LogP contribution in [0.25, 0.3) is 0 Å². The van der Waals surface area contributed by atoms with Gasteiger partial charge in [-0.25, -0.2) is 9.05 Å². The number of benzene rings is 2. The van der Waals surface area contributed by atoms with Gasteiger partial charge in [-0.05, 0) is 50.2 Å². The van der Waals surface area contributed by atoms with E-state index in [4.69, 9.17) is 20.5 Å². The number of unbranched alkanes of at least 4 members (excludes halogenated alkanes) is 3. The Bertz CT molecular complexity index is 503. The molecule has 0 saturated carbocycles. The summed E-state index contributed by atoms with van der Waals surface area (Å²) in [5.74, 6) is 1.05. The van der Waals surface area contributed by atoms with E-state index in [-0.39, 0.29) is 0 Å². The van der Waals surface area contributed by atoms with Gasteiger partial charge in [-0.2, -0.15) is 0 Å². The molecule has 0 bridgehead atoms. The smallest absolute Gasteiger partial charge is 0.330 e. The Balaban J connectivity index is 0.000000307. The summed E-state index contributed by atoms with van der Waals surface area (Å²) in [5, 5.41) is 0. The van der Waals surface area contributed by atoms with Gasteiger partial charge in [-0.1, -0.05) is 49.2 Å². The first-order chi connectivity index (χ1) is 11.8. The normalized spacial score (nSPS) is 9.58. The molecule has 0 radical (unpaired) electrons. The van der Waals surface area contributed by atoms with E-state index in [0.29, 0.717) is 11.5 Å². The van der Waals surface area contributed by atoms with Crippen LogP contribution in [0.4, 0.5) is 0 Å². The summed E-state index contributed by atoms with van der Waals surface area (Å²) in [6.07, 6.45) is 4.79. The van der Waals surface area contributed by atoms with E-state index in [9.17, 15) is 4.57 Å². The van der Waals surface area contributed by atoms with Crippen LogP contribution in [0.15, 0.2) is 60.7 Å². The molecule has 6 heteroatoms. The molecule has 0 saturated heterocycles. The van der Waals surface area contributed by atoms with Crippen molar-refractivity contribution in [1.29, 1.82) is 0 Å². The molecule has 0 unspecified atom stereocenters. The van der Waals surface area contributed by atoms with Gasteiger partial charge in [-0.15, -0.1) is 0 Å². The molecule has 4 N–H and O–H groups in total. The molecule has 2 aromatic rings. The van der Waals surface area contributed by atoms with Crippen molar-refractivity contribution in [1.82, 2.24) is 0 Å². The minimum absolute atomic E-state index is 0.527. The van der Waals surface area contributed by atoms with Crippen LogP contribution in [0, 0.1) is 0 Å². The van der Waals surface area contributed by atoms with Crippen molar-refractivity contribution in [3.05, 3.63) is 60.7 Å². The third-order valence-electron chi connectivity index (χ3n) is 3.00. The minimum atomic E-state index is -2.18. The fourth-order valence-corrected chi connectivity index (χ4v) is 2.42. The van der Waals surface area contributed by atoms with Crippen molar-refractivity contribution >= 4 is 8.25 Å². The molecule has 24 heavy (non-hydrogen) atoms. The first kappa shape index (κ1) is 20.1. The molecule has 0 aliphatic heterocycles. The molecule has 0 atom stereocenters. The van der Waals surface area contributed by atoms with Crippen molar-refractivity contribution in [2.24, 2.45) is 11.5 Å². The second-order valence-electron chi connectivity index (χ2n) is 5.02. The summed E-state index contributed by atoms with van der Waals surface area (Å²) in [7, 11) is -2.18. The van der Waals surface area contributed by atoms with Crippen molar-refractivity contribution in [3.63, 3.8) is 0 Å². The molecule has 0 spiro atoms. The van der Waals surface area contributed by atoms with E-state index in [1.807, 2.05) is 12.1 Å². The van der Waals surface area contributed by atoms with Gasteiger partial charge in [0.05, 0.1) is 0 Å². The SMILES string of the molecule is NCCCCCCN.O=[P+](Oc1ccccc1)Oc1ccccc1. The highest BCUT2D eigenvalue weighted by Gasteiger charge is 2.23. The van der Waals surface area contributed by atoms with Gasteiger partial charge < -0.3 is 11.5 Å². The van der Waals surface area contributed by atoms with Crippen molar-refractivity contribution in [3.8, 4) is 11.5 Å². The quantitative estimate of drug-likeness (QED) is 0.521. The van der Waals surface area contributed by atoms with E-state index in [2.05, 4.69) is 0 Å². The fourth-order valence-electron chi connectivity index (χ4n) is 1.80. The fraction of sp³-hybridized carbons (Fsp3) is 0.333. The Morgan fingerprint density at radius 2 is 1.04 bits per heavy atom. The predicted octanol–water partition coefficient (Wildman–Crippen LogP) is 4.27. The Morgan fingerprint density at radius 3 is 1.38 bits per heavy atom. The first-order valence-electron chi connectivity index (χ1n) is 8.09. The van der Waals surface area contributed by atoms with E-state index in [0.717, 1.165) is 25.9 Å². The number of nitrogens with two attached hydrogens (primary N) is 2. The van der Waals surface area contributed by atoms with Gasteiger partial charge in [-0.3, -0.25) is 0 Å². The lowest BCUT2D eigenvalue weighted by molar-refractivity contribution is 0.415. The van der Waals surface area contributed by atoms with Crippen LogP contribution in [0.5, 0.6) is 11.5 Å². The summed E-state index contributed by atoms with van der Waals surface area (Å²) < 4.78 is 21.7. The molecular weight excluding hydrogens is 323 g/mol. The van der Waals surface area contributed by atoms with E-state index in [1.165, 1.54) is 12.8 Å². The average Bonchev–Trinajstić information content (AvgIpc) is 2.61. The van der Waals surface area contributed by atoms with Gasteiger partial charge in [0.25, 0.3) is 0 Å². The van der Waals surface area contributed by atoms with Crippen molar-refractivity contribution in [2.75, 3.05) is 13.1 Å². The molecular formula is C18H26N2O3P+. The zero-order valence-corrected chi connectivity index (χ0v) is 14.7. The molecule has 0 fully saturated rings. The lowest BCUT2D eigenvalue weighted by Gasteiger charge is -1.94.